The summed E-state index contributed by atoms with van der Waals surface area (Å²) in [7, 11) is 3.13. The van der Waals surface area contributed by atoms with E-state index < -0.39 is 11.7 Å². The molecular formula is C28H26ClFN4O3. The van der Waals surface area contributed by atoms with Crippen LogP contribution in [0, 0.1) is 26.6 Å². The zero-order valence-corrected chi connectivity index (χ0v) is 21.9. The van der Waals surface area contributed by atoms with Crippen LogP contribution in [0.5, 0.6) is 0 Å². The van der Waals surface area contributed by atoms with Crippen LogP contribution in [-0.4, -0.2) is 39.4 Å². The Kier molecular flexibility index (Phi) is 6.23. The van der Waals surface area contributed by atoms with Crippen LogP contribution in [0.3, 0.4) is 0 Å². The van der Waals surface area contributed by atoms with Crippen LogP contribution in [0.1, 0.15) is 57.0 Å². The number of halogens is 2. The van der Waals surface area contributed by atoms with Crippen molar-refractivity contribution in [3.05, 3.63) is 98.0 Å². The third kappa shape index (κ3) is 4.35. The van der Waals surface area contributed by atoms with Gasteiger partial charge in [-0.3, -0.25) is 19.1 Å². The van der Waals surface area contributed by atoms with Crippen LogP contribution >= 0.6 is 11.6 Å². The summed E-state index contributed by atoms with van der Waals surface area (Å²) < 4.78 is 22.2. The number of carbonyl (C=O) groups excluding carboxylic acids is 1. The maximum Gasteiger partial charge on any atom is 0.274 e. The Balaban J connectivity index is 1.56. The average molecular weight is 521 g/mol. The Hall–Kier alpha value is -3.78. The van der Waals surface area contributed by atoms with Crippen molar-refractivity contribution < 1.29 is 13.6 Å². The highest BCUT2D eigenvalue weighted by atomic mass is 35.5. The van der Waals surface area contributed by atoms with E-state index in [4.69, 9.17) is 16.0 Å². The summed E-state index contributed by atoms with van der Waals surface area (Å²) >= 11 is 6.64. The highest BCUT2D eigenvalue weighted by Gasteiger charge is 2.43. The lowest BCUT2D eigenvalue weighted by Gasteiger charge is -2.17. The zero-order valence-electron chi connectivity index (χ0n) is 21.2. The summed E-state index contributed by atoms with van der Waals surface area (Å²) in [5.74, 6) is -0.239. The molecule has 37 heavy (non-hydrogen) atoms. The van der Waals surface area contributed by atoms with E-state index in [1.54, 1.807) is 51.7 Å². The summed E-state index contributed by atoms with van der Waals surface area (Å²) in [5.41, 5.74) is 3.71. The smallest absolute Gasteiger partial charge is 0.274 e. The van der Waals surface area contributed by atoms with Gasteiger partial charge in [-0.05, 0) is 61.6 Å². The first kappa shape index (κ1) is 24.9. The predicted octanol–water partition coefficient (Wildman–Crippen LogP) is 5.58. The molecule has 0 aliphatic heterocycles. The first-order chi connectivity index (χ1) is 17.6. The molecule has 0 saturated heterocycles. The van der Waals surface area contributed by atoms with E-state index in [1.807, 2.05) is 19.9 Å². The Morgan fingerprint density at radius 2 is 1.95 bits per heavy atom. The van der Waals surface area contributed by atoms with Crippen LogP contribution < -0.4 is 5.56 Å². The van der Waals surface area contributed by atoms with Crippen LogP contribution in [0.4, 0.5) is 4.39 Å². The zero-order chi connectivity index (χ0) is 26.6. The van der Waals surface area contributed by atoms with Crippen LogP contribution in [0.15, 0.2) is 52.0 Å². The maximum atomic E-state index is 15.4. The summed E-state index contributed by atoms with van der Waals surface area (Å²) in [5, 5.41) is 0.154. The lowest BCUT2D eigenvalue weighted by Crippen LogP contribution is -2.23. The van der Waals surface area contributed by atoms with Crippen molar-refractivity contribution in [3.8, 4) is 16.9 Å². The second kappa shape index (κ2) is 9.27. The Bertz CT molecular complexity index is 1610. The molecule has 5 rings (SSSR count). The number of oxazole rings is 1. The van der Waals surface area contributed by atoms with E-state index in [2.05, 4.69) is 9.97 Å². The Morgan fingerprint density at radius 3 is 2.62 bits per heavy atom. The highest BCUT2D eigenvalue weighted by Crippen LogP contribution is 2.55. The van der Waals surface area contributed by atoms with Gasteiger partial charge in [0, 0.05) is 44.4 Å². The number of hydrogen-bond acceptors (Lipinski definition) is 5. The van der Waals surface area contributed by atoms with Crippen molar-refractivity contribution in [2.45, 2.75) is 39.0 Å². The molecule has 0 spiro atoms. The minimum atomic E-state index is -0.663. The molecule has 1 amide bonds. The van der Waals surface area contributed by atoms with Gasteiger partial charge >= 0.3 is 0 Å². The second-order valence-corrected chi connectivity index (χ2v) is 10.0. The van der Waals surface area contributed by atoms with Gasteiger partial charge in [0.15, 0.2) is 5.89 Å². The highest BCUT2D eigenvalue weighted by molar-refractivity contribution is 6.31. The number of amides is 1. The van der Waals surface area contributed by atoms with E-state index in [1.165, 1.54) is 15.5 Å². The standard InChI is InChI=1S/C28H26ClFN4O3/c1-14-12-31-22(17-7-6-8-18(26(17)30)27(35)33(4)5)11-24(14)34-15(2)9-21(25(29)28(34)36)19-10-20(19)23-13-37-16(3)32-23/h6-9,11-13,19-20H,10H2,1-5H3/t19-,20-/m0/s1. The van der Waals surface area contributed by atoms with Crippen LogP contribution in [0.2, 0.25) is 5.02 Å². The molecule has 4 aromatic rings. The molecule has 0 unspecified atom stereocenters. The van der Waals surface area contributed by atoms with Crippen molar-refractivity contribution >= 4 is 17.5 Å². The van der Waals surface area contributed by atoms with Gasteiger partial charge in [0.1, 0.15) is 17.1 Å². The number of carbonyl (C=O) groups is 1. The first-order valence-electron chi connectivity index (χ1n) is 11.9. The quantitative estimate of drug-likeness (QED) is 0.343. The fourth-order valence-corrected chi connectivity index (χ4v) is 5.04. The third-order valence-corrected chi connectivity index (χ3v) is 7.17. The molecule has 1 aromatic carbocycles. The summed E-state index contributed by atoms with van der Waals surface area (Å²) in [6, 6.07) is 8.20. The van der Waals surface area contributed by atoms with Gasteiger partial charge in [0.25, 0.3) is 11.5 Å². The van der Waals surface area contributed by atoms with E-state index in [0.29, 0.717) is 23.0 Å². The predicted molar refractivity (Wildman–Crippen MR) is 139 cm³/mol. The molecule has 3 heterocycles. The minimum Gasteiger partial charge on any atom is -0.449 e. The molecular weight excluding hydrogens is 495 g/mol. The van der Waals surface area contributed by atoms with Crippen LogP contribution in [-0.2, 0) is 0 Å². The summed E-state index contributed by atoms with van der Waals surface area (Å²) in [4.78, 5) is 36.1. The first-order valence-corrected chi connectivity index (χ1v) is 12.3. The Morgan fingerprint density at radius 1 is 1.19 bits per heavy atom. The Labute approximate surface area is 218 Å². The SMILES string of the molecule is Cc1nc([C@H]2C[C@@H]2c2cc(C)n(-c3cc(-c4cccc(C(=O)N(C)C)c4F)ncc3C)c(=O)c2Cl)co1. The van der Waals surface area contributed by atoms with Crippen molar-refractivity contribution in [1.82, 2.24) is 19.4 Å². The summed E-state index contributed by atoms with van der Waals surface area (Å²) in [6.45, 7) is 5.47. The normalized spacial score (nSPS) is 16.6. The van der Waals surface area contributed by atoms with Crippen molar-refractivity contribution in [2.24, 2.45) is 0 Å². The van der Waals surface area contributed by atoms with Gasteiger partial charge in [-0.15, -0.1) is 0 Å². The monoisotopic (exact) mass is 520 g/mol. The minimum absolute atomic E-state index is 0.0477. The molecule has 1 saturated carbocycles. The van der Waals surface area contributed by atoms with Crippen molar-refractivity contribution in [1.29, 1.82) is 0 Å². The van der Waals surface area contributed by atoms with Crippen molar-refractivity contribution in [3.63, 3.8) is 0 Å². The maximum absolute atomic E-state index is 15.4. The summed E-state index contributed by atoms with van der Waals surface area (Å²) in [6.07, 6.45) is 4.08. The number of benzene rings is 1. The van der Waals surface area contributed by atoms with Gasteiger partial charge in [-0.25, -0.2) is 9.37 Å². The van der Waals surface area contributed by atoms with E-state index in [-0.39, 0.29) is 33.5 Å². The molecule has 1 aliphatic carbocycles. The molecule has 1 aliphatic rings. The molecule has 9 heteroatoms. The molecule has 1 fully saturated rings. The third-order valence-electron chi connectivity index (χ3n) is 6.79. The van der Waals surface area contributed by atoms with Crippen LogP contribution in [0.25, 0.3) is 16.9 Å². The lowest BCUT2D eigenvalue weighted by molar-refractivity contribution is 0.0823. The number of pyridine rings is 2. The molecule has 3 aromatic heterocycles. The van der Waals surface area contributed by atoms with E-state index >= 15 is 4.39 Å². The fourth-order valence-electron chi connectivity index (χ4n) is 4.76. The van der Waals surface area contributed by atoms with Crippen molar-refractivity contribution in [2.75, 3.05) is 14.1 Å². The van der Waals surface area contributed by atoms with Gasteiger partial charge in [-0.2, -0.15) is 0 Å². The number of hydrogen-bond donors (Lipinski definition) is 0. The number of aromatic nitrogens is 3. The largest absolute Gasteiger partial charge is 0.449 e. The van der Waals surface area contributed by atoms with E-state index in [9.17, 15) is 9.59 Å². The van der Waals surface area contributed by atoms with E-state index in [0.717, 1.165) is 23.2 Å². The number of rotatable bonds is 5. The number of aryl methyl sites for hydroxylation is 3. The lowest BCUT2D eigenvalue weighted by atomic mass is 10.0. The van der Waals surface area contributed by atoms with Gasteiger partial charge in [0.05, 0.1) is 22.6 Å². The van der Waals surface area contributed by atoms with Gasteiger partial charge in [0.2, 0.25) is 0 Å². The number of nitrogens with zero attached hydrogens (tertiary/aromatic N) is 4. The van der Waals surface area contributed by atoms with Gasteiger partial charge < -0.3 is 9.32 Å². The molecule has 190 valence electrons. The molecule has 0 radical (unpaired) electrons. The topological polar surface area (TPSA) is 81.2 Å². The average Bonchev–Trinajstić information content (AvgIpc) is 3.54. The second-order valence-electron chi connectivity index (χ2n) is 9.66. The molecule has 7 nitrogen and oxygen atoms in total. The fraction of sp³-hybridized carbons (Fsp3) is 0.286. The molecule has 0 bridgehead atoms. The van der Waals surface area contributed by atoms with Gasteiger partial charge in [-0.1, -0.05) is 17.7 Å². The molecule has 2 atom stereocenters. The molecule has 0 N–H and O–H groups in total.